The minimum atomic E-state index is -0.846. The molecule has 5 nitrogen and oxygen atoms in total. The zero-order valence-corrected chi connectivity index (χ0v) is 12.1. The Labute approximate surface area is 122 Å². The number of aromatic hydroxyl groups is 1. The van der Waals surface area contributed by atoms with Crippen molar-refractivity contribution in [1.29, 1.82) is 0 Å². The van der Waals surface area contributed by atoms with Crippen molar-refractivity contribution in [3.05, 3.63) is 40.8 Å². The first kappa shape index (κ1) is 15.0. The van der Waals surface area contributed by atoms with Crippen molar-refractivity contribution in [2.75, 3.05) is 13.7 Å². The molecule has 0 unspecified atom stereocenters. The topological polar surface area (TPSA) is 68.9 Å². The lowest BCUT2D eigenvalue weighted by Gasteiger charge is -2.10. The SMILES string of the molecule is CCC=CCCOc1cccc2c(OC)c(O)c(=O)oc12. The predicted molar refractivity (Wildman–Crippen MR) is 80.2 cm³/mol. The van der Waals surface area contributed by atoms with Crippen LogP contribution in [-0.2, 0) is 0 Å². The van der Waals surface area contributed by atoms with Crippen LogP contribution in [0.25, 0.3) is 11.0 Å². The predicted octanol–water partition coefficient (Wildman–Crippen LogP) is 3.24. The monoisotopic (exact) mass is 290 g/mol. The van der Waals surface area contributed by atoms with Crippen LogP contribution < -0.4 is 15.1 Å². The van der Waals surface area contributed by atoms with Gasteiger partial charge in [0.25, 0.3) is 0 Å². The summed E-state index contributed by atoms with van der Waals surface area (Å²) in [6.45, 7) is 2.54. The van der Waals surface area contributed by atoms with Gasteiger partial charge < -0.3 is 19.0 Å². The average Bonchev–Trinajstić information content (AvgIpc) is 2.49. The molecule has 0 fully saturated rings. The summed E-state index contributed by atoms with van der Waals surface area (Å²) in [6.07, 6.45) is 5.85. The van der Waals surface area contributed by atoms with Crippen LogP contribution in [0.15, 0.2) is 39.6 Å². The van der Waals surface area contributed by atoms with Gasteiger partial charge in [0.15, 0.2) is 17.1 Å². The number of para-hydroxylation sites is 1. The normalized spacial score (nSPS) is 11.1. The summed E-state index contributed by atoms with van der Waals surface area (Å²) >= 11 is 0. The molecule has 1 N–H and O–H groups in total. The molecule has 0 aliphatic heterocycles. The van der Waals surface area contributed by atoms with E-state index in [0.717, 1.165) is 12.8 Å². The van der Waals surface area contributed by atoms with Gasteiger partial charge in [-0.15, -0.1) is 0 Å². The second-order valence-corrected chi connectivity index (χ2v) is 4.42. The van der Waals surface area contributed by atoms with E-state index in [9.17, 15) is 9.90 Å². The fourth-order valence-electron chi connectivity index (χ4n) is 2.00. The van der Waals surface area contributed by atoms with Gasteiger partial charge in [0.05, 0.1) is 19.1 Å². The maximum atomic E-state index is 11.6. The molecule has 0 spiro atoms. The van der Waals surface area contributed by atoms with Crippen LogP contribution in [0.1, 0.15) is 19.8 Å². The lowest BCUT2D eigenvalue weighted by molar-refractivity contribution is 0.318. The first-order chi connectivity index (χ1) is 10.2. The smallest absolute Gasteiger partial charge is 0.382 e. The molecular formula is C16H18O5. The molecule has 0 atom stereocenters. The van der Waals surface area contributed by atoms with Gasteiger partial charge >= 0.3 is 5.63 Å². The number of ether oxygens (including phenoxy) is 2. The van der Waals surface area contributed by atoms with Gasteiger partial charge in [0.1, 0.15) is 0 Å². The third kappa shape index (κ3) is 3.18. The van der Waals surface area contributed by atoms with Crippen molar-refractivity contribution in [2.45, 2.75) is 19.8 Å². The standard InChI is InChI=1S/C16H18O5/c1-3-4-5-6-10-20-12-9-7-8-11-14(12)21-16(18)13(17)15(11)19-2/h4-5,7-9,17H,3,6,10H2,1-2H3. The Balaban J connectivity index is 2.35. The Morgan fingerprint density at radius 3 is 2.86 bits per heavy atom. The highest BCUT2D eigenvalue weighted by Gasteiger charge is 2.16. The summed E-state index contributed by atoms with van der Waals surface area (Å²) in [5.41, 5.74) is -0.571. The first-order valence-corrected chi connectivity index (χ1v) is 6.79. The molecule has 0 radical (unpaired) electrons. The Bertz CT molecular complexity index is 700. The summed E-state index contributed by atoms with van der Waals surface area (Å²) in [5, 5.41) is 10.2. The van der Waals surface area contributed by atoms with Crippen molar-refractivity contribution in [2.24, 2.45) is 0 Å². The van der Waals surface area contributed by atoms with Crippen LogP contribution in [0.5, 0.6) is 17.2 Å². The number of rotatable bonds is 6. The first-order valence-electron chi connectivity index (χ1n) is 6.79. The Hall–Kier alpha value is -2.43. The van der Waals surface area contributed by atoms with E-state index in [2.05, 4.69) is 13.0 Å². The quantitative estimate of drug-likeness (QED) is 0.502. The van der Waals surface area contributed by atoms with Crippen LogP contribution in [0.3, 0.4) is 0 Å². The van der Waals surface area contributed by atoms with Gasteiger partial charge in [0.2, 0.25) is 5.75 Å². The molecule has 0 amide bonds. The van der Waals surface area contributed by atoms with Crippen molar-refractivity contribution >= 4 is 11.0 Å². The highest BCUT2D eigenvalue weighted by molar-refractivity contribution is 5.89. The maximum Gasteiger partial charge on any atom is 0.382 e. The highest BCUT2D eigenvalue weighted by atomic mass is 16.5. The Kier molecular flexibility index (Phi) is 4.87. The van der Waals surface area contributed by atoms with Gasteiger partial charge in [-0.3, -0.25) is 0 Å². The number of benzene rings is 1. The zero-order valence-electron chi connectivity index (χ0n) is 12.1. The number of hydrogen-bond acceptors (Lipinski definition) is 5. The third-order valence-electron chi connectivity index (χ3n) is 2.98. The average molecular weight is 290 g/mol. The molecule has 2 rings (SSSR count). The molecule has 2 aromatic rings. The molecule has 0 aliphatic carbocycles. The number of allylic oxidation sites excluding steroid dienone is 1. The molecule has 1 heterocycles. The largest absolute Gasteiger partial charge is 0.499 e. The van der Waals surface area contributed by atoms with E-state index in [1.54, 1.807) is 18.2 Å². The molecule has 1 aromatic carbocycles. The van der Waals surface area contributed by atoms with Crippen LogP contribution >= 0.6 is 0 Å². The lowest BCUT2D eigenvalue weighted by Crippen LogP contribution is -2.03. The Morgan fingerprint density at radius 1 is 1.33 bits per heavy atom. The van der Waals surface area contributed by atoms with Gasteiger partial charge in [0, 0.05) is 0 Å². The van der Waals surface area contributed by atoms with Gasteiger partial charge in [-0.1, -0.05) is 25.1 Å². The molecule has 21 heavy (non-hydrogen) atoms. The second kappa shape index (κ2) is 6.83. The fourth-order valence-corrected chi connectivity index (χ4v) is 2.00. The molecular weight excluding hydrogens is 272 g/mol. The van der Waals surface area contributed by atoms with E-state index < -0.39 is 11.4 Å². The summed E-state index contributed by atoms with van der Waals surface area (Å²) in [5.74, 6) is 0.0124. The van der Waals surface area contributed by atoms with Crippen LogP contribution in [0, 0.1) is 0 Å². The molecule has 112 valence electrons. The molecule has 0 aliphatic rings. The van der Waals surface area contributed by atoms with E-state index >= 15 is 0 Å². The number of fused-ring (bicyclic) bond motifs is 1. The van der Waals surface area contributed by atoms with Gasteiger partial charge in [-0.2, -0.15) is 0 Å². The third-order valence-corrected chi connectivity index (χ3v) is 2.98. The number of methoxy groups -OCH3 is 1. The van der Waals surface area contributed by atoms with E-state index in [0.29, 0.717) is 17.7 Å². The second-order valence-electron chi connectivity index (χ2n) is 4.42. The van der Waals surface area contributed by atoms with Crippen molar-refractivity contribution in [3.8, 4) is 17.2 Å². The van der Waals surface area contributed by atoms with Crippen LogP contribution in [-0.4, -0.2) is 18.8 Å². The summed E-state index contributed by atoms with van der Waals surface area (Å²) < 4.78 is 15.8. The number of hydrogen-bond donors (Lipinski definition) is 1. The van der Waals surface area contributed by atoms with E-state index in [1.807, 2.05) is 6.08 Å². The highest BCUT2D eigenvalue weighted by Crippen LogP contribution is 2.35. The van der Waals surface area contributed by atoms with E-state index in [-0.39, 0.29) is 11.3 Å². The fraction of sp³-hybridized carbons (Fsp3) is 0.312. The van der Waals surface area contributed by atoms with Crippen molar-refractivity contribution in [1.82, 2.24) is 0 Å². The van der Waals surface area contributed by atoms with E-state index in [1.165, 1.54) is 7.11 Å². The van der Waals surface area contributed by atoms with Gasteiger partial charge in [-0.05, 0) is 25.0 Å². The maximum absolute atomic E-state index is 11.6. The van der Waals surface area contributed by atoms with E-state index in [4.69, 9.17) is 13.9 Å². The molecule has 0 bridgehead atoms. The van der Waals surface area contributed by atoms with Gasteiger partial charge in [-0.25, -0.2) is 4.79 Å². The summed E-state index contributed by atoms with van der Waals surface area (Å²) in [4.78, 5) is 11.6. The van der Waals surface area contributed by atoms with Crippen LogP contribution in [0.2, 0.25) is 0 Å². The minimum absolute atomic E-state index is 0.0950. The molecule has 0 saturated heterocycles. The van der Waals surface area contributed by atoms with Crippen LogP contribution in [0.4, 0.5) is 0 Å². The molecule has 0 saturated carbocycles. The Morgan fingerprint density at radius 2 is 2.14 bits per heavy atom. The van der Waals surface area contributed by atoms with Crippen molar-refractivity contribution < 1.29 is 19.0 Å². The van der Waals surface area contributed by atoms with Crippen molar-refractivity contribution in [3.63, 3.8) is 0 Å². The summed E-state index contributed by atoms with van der Waals surface area (Å²) in [6, 6.07) is 5.16. The zero-order chi connectivity index (χ0) is 15.2. The summed E-state index contributed by atoms with van der Waals surface area (Å²) in [7, 11) is 1.39. The minimum Gasteiger partial charge on any atom is -0.499 e. The lowest BCUT2D eigenvalue weighted by atomic mass is 10.2. The molecule has 1 aromatic heterocycles. The molecule has 5 heteroatoms.